The van der Waals surface area contributed by atoms with E-state index in [0.29, 0.717) is 18.8 Å². The van der Waals surface area contributed by atoms with E-state index in [2.05, 4.69) is 17.0 Å². The van der Waals surface area contributed by atoms with E-state index < -0.39 is 18.1 Å². The van der Waals surface area contributed by atoms with Crippen molar-refractivity contribution in [2.24, 2.45) is 5.92 Å². The highest BCUT2D eigenvalue weighted by atomic mass is 16.5. The number of alkyl carbamates (subject to hydrolysis) is 1. The smallest absolute Gasteiger partial charge is 0.407 e. The van der Waals surface area contributed by atoms with E-state index in [9.17, 15) is 9.59 Å². The zero-order chi connectivity index (χ0) is 15.8. The Morgan fingerprint density at radius 3 is 2.43 bits per heavy atom. The van der Waals surface area contributed by atoms with Crippen LogP contribution in [0.5, 0.6) is 0 Å². The lowest BCUT2D eigenvalue weighted by Crippen LogP contribution is -2.42. The minimum atomic E-state index is -0.695. The largest absolute Gasteiger partial charge is 0.464 e. The molecule has 1 aliphatic rings. The van der Waals surface area contributed by atoms with Gasteiger partial charge in [-0.15, -0.1) is 0 Å². The average molecular weight is 301 g/mol. The predicted octanol–water partition coefficient (Wildman–Crippen LogP) is 2.26. The summed E-state index contributed by atoms with van der Waals surface area (Å²) in [6.07, 6.45) is 3.28. The molecule has 0 aromatic heterocycles. The number of ether oxygens (including phenoxy) is 3. The Bertz CT molecular complexity index is 343. The third kappa shape index (κ3) is 6.80. The van der Waals surface area contributed by atoms with Crippen LogP contribution in [0.25, 0.3) is 0 Å². The second-order valence-corrected chi connectivity index (χ2v) is 5.51. The molecule has 0 radical (unpaired) electrons. The summed E-state index contributed by atoms with van der Waals surface area (Å²) < 4.78 is 15.4. The van der Waals surface area contributed by atoms with E-state index in [1.807, 2.05) is 6.92 Å². The monoisotopic (exact) mass is 301 g/mol. The van der Waals surface area contributed by atoms with Crippen molar-refractivity contribution in [3.8, 4) is 0 Å². The lowest BCUT2D eigenvalue weighted by molar-refractivity contribution is -0.145. The zero-order valence-electron chi connectivity index (χ0n) is 13.4. The first-order valence-electron chi connectivity index (χ1n) is 7.64. The molecule has 0 heterocycles. The average Bonchev–Trinajstić information content (AvgIpc) is 3.27. The third-order valence-corrected chi connectivity index (χ3v) is 3.64. The van der Waals surface area contributed by atoms with Crippen LogP contribution in [0.2, 0.25) is 0 Å². The molecule has 0 spiro atoms. The van der Waals surface area contributed by atoms with Gasteiger partial charge in [0, 0.05) is 0 Å². The van der Waals surface area contributed by atoms with Crippen LogP contribution in [0, 0.1) is 5.92 Å². The number of nitrogens with one attached hydrogen (secondary N) is 1. The molecule has 0 aliphatic heterocycles. The molecule has 1 amide bonds. The standard InChI is InChI=1S/C15H27NO5/c1-5-20-14(17)13(16-15(18)19-4)9-6-10(2)21-11(3)12-7-8-12/h10-13H,5-9H2,1-4H3,(H,16,18)/t10-,11?,13+/m1/s1. The lowest BCUT2D eigenvalue weighted by atomic mass is 10.1. The molecule has 122 valence electrons. The van der Waals surface area contributed by atoms with Gasteiger partial charge in [0.25, 0.3) is 0 Å². The molecule has 1 aliphatic carbocycles. The van der Waals surface area contributed by atoms with E-state index in [1.165, 1.54) is 20.0 Å². The molecule has 3 atom stereocenters. The lowest BCUT2D eigenvalue weighted by Gasteiger charge is -2.21. The molecular weight excluding hydrogens is 274 g/mol. The summed E-state index contributed by atoms with van der Waals surface area (Å²) in [7, 11) is 1.26. The summed E-state index contributed by atoms with van der Waals surface area (Å²) in [6.45, 7) is 6.09. The number of carbonyl (C=O) groups is 2. The number of carbonyl (C=O) groups excluding carboxylic acids is 2. The van der Waals surface area contributed by atoms with Crippen molar-refractivity contribution < 1.29 is 23.8 Å². The number of amides is 1. The second-order valence-electron chi connectivity index (χ2n) is 5.51. The van der Waals surface area contributed by atoms with Gasteiger partial charge in [0.2, 0.25) is 0 Å². The minimum Gasteiger partial charge on any atom is -0.464 e. The van der Waals surface area contributed by atoms with Crippen molar-refractivity contribution in [2.75, 3.05) is 13.7 Å². The molecule has 1 N–H and O–H groups in total. The normalized spacial score (nSPS) is 18.5. The first-order chi connectivity index (χ1) is 9.97. The van der Waals surface area contributed by atoms with Gasteiger partial charge in [-0.25, -0.2) is 9.59 Å². The number of esters is 1. The fourth-order valence-electron chi connectivity index (χ4n) is 2.21. The molecule has 0 saturated heterocycles. The van der Waals surface area contributed by atoms with Gasteiger partial charge in [0.1, 0.15) is 6.04 Å². The molecule has 0 aromatic rings. The first kappa shape index (κ1) is 17.8. The Kier molecular flexibility index (Phi) is 7.50. The molecule has 1 unspecified atom stereocenters. The summed E-state index contributed by atoms with van der Waals surface area (Å²) in [4.78, 5) is 23.1. The maximum Gasteiger partial charge on any atom is 0.407 e. The quantitative estimate of drug-likeness (QED) is 0.661. The van der Waals surface area contributed by atoms with E-state index in [1.54, 1.807) is 6.92 Å². The summed E-state index contributed by atoms with van der Waals surface area (Å²) in [5, 5.41) is 2.50. The Morgan fingerprint density at radius 2 is 1.90 bits per heavy atom. The molecular formula is C15H27NO5. The highest BCUT2D eigenvalue weighted by molar-refractivity contribution is 5.81. The van der Waals surface area contributed by atoms with Crippen LogP contribution < -0.4 is 5.32 Å². The number of methoxy groups -OCH3 is 1. The third-order valence-electron chi connectivity index (χ3n) is 3.64. The van der Waals surface area contributed by atoms with Gasteiger partial charge < -0.3 is 19.5 Å². The van der Waals surface area contributed by atoms with Crippen LogP contribution in [0.15, 0.2) is 0 Å². The van der Waals surface area contributed by atoms with Crippen LogP contribution >= 0.6 is 0 Å². The Hall–Kier alpha value is -1.30. The van der Waals surface area contributed by atoms with Gasteiger partial charge in [-0.2, -0.15) is 0 Å². The number of rotatable bonds is 9. The van der Waals surface area contributed by atoms with Gasteiger partial charge in [0.15, 0.2) is 0 Å². The van der Waals surface area contributed by atoms with Crippen molar-refractivity contribution in [1.29, 1.82) is 0 Å². The van der Waals surface area contributed by atoms with Gasteiger partial charge >= 0.3 is 12.1 Å². The van der Waals surface area contributed by atoms with Crippen molar-refractivity contribution in [1.82, 2.24) is 5.32 Å². The zero-order valence-corrected chi connectivity index (χ0v) is 13.4. The molecule has 0 bridgehead atoms. The van der Waals surface area contributed by atoms with Crippen LogP contribution in [0.1, 0.15) is 46.5 Å². The highest BCUT2D eigenvalue weighted by Crippen LogP contribution is 2.34. The molecule has 0 aromatic carbocycles. The first-order valence-corrected chi connectivity index (χ1v) is 7.64. The highest BCUT2D eigenvalue weighted by Gasteiger charge is 2.30. The molecule has 1 saturated carbocycles. The maximum absolute atomic E-state index is 11.8. The Labute approximate surface area is 126 Å². The maximum atomic E-state index is 11.8. The van der Waals surface area contributed by atoms with Crippen LogP contribution in [0.3, 0.4) is 0 Å². The van der Waals surface area contributed by atoms with Crippen molar-refractivity contribution in [3.63, 3.8) is 0 Å². The van der Waals surface area contributed by atoms with Crippen LogP contribution in [-0.4, -0.2) is 44.0 Å². The topological polar surface area (TPSA) is 73.9 Å². The molecule has 6 heteroatoms. The van der Waals surface area contributed by atoms with Gasteiger partial charge in [-0.1, -0.05) is 0 Å². The Morgan fingerprint density at radius 1 is 1.24 bits per heavy atom. The summed E-state index contributed by atoms with van der Waals surface area (Å²) in [5.41, 5.74) is 0. The van der Waals surface area contributed by atoms with E-state index in [0.717, 1.165) is 0 Å². The molecule has 6 nitrogen and oxygen atoms in total. The predicted molar refractivity (Wildman–Crippen MR) is 77.9 cm³/mol. The number of hydrogen-bond acceptors (Lipinski definition) is 5. The SMILES string of the molecule is CCOC(=O)[C@H](CC[C@@H](C)OC(C)C1CC1)NC(=O)OC. The summed E-state index contributed by atoms with van der Waals surface area (Å²) in [6, 6.07) is -0.695. The molecule has 21 heavy (non-hydrogen) atoms. The van der Waals surface area contributed by atoms with Crippen LogP contribution in [-0.2, 0) is 19.0 Å². The van der Waals surface area contributed by atoms with Gasteiger partial charge in [-0.05, 0) is 52.4 Å². The van der Waals surface area contributed by atoms with E-state index in [-0.39, 0.29) is 18.8 Å². The van der Waals surface area contributed by atoms with Crippen molar-refractivity contribution in [2.45, 2.75) is 64.7 Å². The fraction of sp³-hybridized carbons (Fsp3) is 0.867. The molecule has 1 rings (SSSR count). The number of hydrogen-bond donors (Lipinski definition) is 1. The van der Waals surface area contributed by atoms with Crippen LogP contribution in [0.4, 0.5) is 4.79 Å². The fourth-order valence-corrected chi connectivity index (χ4v) is 2.21. The van der Waals surface area contributed by atoms with Gasteiger partial charge in [-0.3, -0.25) is 0 Å². The van der Waals surface area contributed by atoms with E-state index in [4.69, 9.17) is 9.47 Å². The molecule has 1 fully saturated rings. The van der Waals surface area contributed by atoms with Crippen molar-refractivity contribution >= 4 is 12.1 Å². The minimum absolute atomic E-state index is 0.0389. The van der Waals surface area contributed by atoms with Crippen molar-refractivity contribution in [3.05, 3.63) is 0 Å². The Balaban J connectivity index is 2.39. The van der Waals surface area contributed by atoms with Gasteiger partial charge in [0.05, 0.1) is 25.9 Å². The summed E-state index contributed by atoms with van der Waals surface area (Å²) >= 11 is 0. The second kappa shape index (κ2) is 8.87. The summed E-state index contributed by atoms with van der Waals surface area (Å²) in [5.74, 6) is 0.242. The van der Waals surface area contributed by atoms with E-state index >= 15 is 0 Å².